The number of anilines is 1. The Morgan fingerprint density at radius 2 is 2.14 bits per heavy atom. The van der Waals surface area contributed by atoms with Gasteiger partial charge in [-0.3, -0.25) is 14.5 Å². The van der Waals surface area contributed by atoms with Gasteiger partial charge in [-0.15, -0.1) is 23.1 Å². The number of fused-ring (bicyclic) bond motifs is 1. The van der Waals surface area contributed by atoms with E-state index in [1.54, 1.807) is 12.1 Å². The number of methoxy groups -OCH3 is 1. The zero-order chi connectivity index (χ0) is 21.3. The summed E-state index contributed by atoms with van der Waals surface area (Å²) >= 11 is 2.43. The quantitative estimate of drug-likeness (QED) is 0.326. The Hall–Kier alpha value is -2.77. The number of hydrogen-bond acceptors (Lipinski definition) is 9. The second-order valence-electron chi connectivity index (χ2n) is 6.17. The zero-order valence-electron chi connectivity index (χ0n) is 15.2. The predicted octanol–water partition coefficient (Wildman–Crippen LogP) is -0.319. The van der Waals surface area contributed by atoms with Crippen LogP contribution in [0.4, 0.5) is 9.80 Å². The molecule has 11 nitrogen and oxygen atoms in total. The molecule has 6 N–H and O–H groups in total. The van der Waals surface area contributed by atoms with Crippen LogP contribution in [0.15, 0.2) is 23.4 Å². The lowest BCUT2D eigenvalue weighted by molar-refractivity contribution is -0.192. The van der Waals surface area contributed by atoms with Crippen molar-refractivity contribution in [3.8, 4) is 0 Å². The molecule has 1 unspecified atom stereocenters. The zero-order valence-corrected chi connectivity index (χ0v) is 16.8. The molecule has 2 aliphatic heterocycles. The van der Waals surface area contributed by atoms with Crippen molar-refractivity contribution >= 4 is 52.0 Å². The van der Waals surface area contributed by atoms with Gasteiger partial charge >= 0.3 is 12.1 Å². The van der Waals surface area contributed by atoms with Gasteiger partial charge < -0.3 is 31.4 Å². The lowest BCUT2D eigenvalue weighted by Gasteiger charge is -2.55. The number of ether oxygens (including phenoxy) is 2. The molecule has 1 fully saturated rings. The first kappa shape index (κ1) is 21.0. The first-order valence-electron chi connectivity index (χ1n) is 8.22. The summed E-state index contributed by atoms with van der Waals surface area (Å²) in [6, 6.07) is 3.38. The fourth-order valence-corrected chi connectivity index (χ4v) is 5.31. The molecular weight excluding hydrogens is 424 g/mol. The third kappa shape index (κ3) is 3.75. The van der Waals surface area contributed by atoms with Gasteiger partial charge in [-0.2, -0.15) is 0 Å². The van der Waals surface area contributed by atoms with Gasteiger partial charge in [0.05, 0.1) is 11.4 Å². The number of aliphatic carboxylic acids is 1. The fraction of sp³-hybridized carbons (Fsp3) is 0.375. The number of amides is 3. The maximum absolute atomic E-state index is 12.9. The second kappa shape index (κ2) is 7.93. The average Bonchev–Trinajstić information content (AvgIpc) is 3.07. The van der Waals surface area contributed by atoms with Gasteiger partial charge in [0.15, 0.2) is 0 Å². The van der Waals surface area contributed by atoms with E-state index in [1.807, 2.05) is 0 Å². The third-order valence-corrected chi connectivity index (χ3v) is 6.65. The number of thioether (sulfide) groups is 1. The molecule has 0 bridgehead atoms. The summed E-state index contributed by atoms with van der Waals surface area (Å²) in [5.74, 6) is -2.42. The Morgan fingerprint density at radius 3 is 2.69 bits per heavy atom. The van der Waals surface area contributed by atoms with Crippen LogP contribution in [-0.2, 0) is 30.3 Å². The summed E-state index contributed by atoms with van der Waals surface area (Å²) in [6.07, 6.45) is -1.06. The standard InChI is InChI=1S/C16H18N4O7S2/c1-26-16(19-10(21)4-8-2-3-9(17)29-8)13(24)20-11(12(22)23)7(5-27-15(18)25)6-28-14(16)20/h2-3,14H,4-6,17H2,1H3,(H2,18,25)(H,19,21)(H,22,23)/t14-,16?/m0/s1. The van der Waals surface area contributed by atoms with E-state index >= 15 is 0 Å². The van der Waals surface area contributed by atoms with Gasteiger partial charge in [0.25, 0.3) is 11.6 Å². The molecule has 1 aromatic rings. The Bertz CT molecular complexity index is 915. The average molecular weight is 442 g/mol. The summed E-state index contributed by atoms with van der Waals surface area (Å²) < 4.78 is 10.0. The van der Waals surface area contributed by atoms with E-state index in [4.69, 9.17) is 16.2 Å². The molecule has 2 aliphatic rings. The molecule has 2 atom stereocenters. The number of nitrogens with one attached hydrogen (secondary N) is 1. The molecule has 3 rings (SSSR count). The highest BCUT2D eigenvalue weighted by Gasteiger charge is 2.66. The number of carbonyl (C=O) groups excluding carboxylic acids is 3. The number of β-lactam (4-membered cyclic amide) rings is 1. The predicted molar refractivity (Wildman–Crippen MR) is 104 cm³/mol. The van der Waals surface area contributed by atoms with Crippen molar-refractivity contribution in [3.63, 3.8) is 0 Å². The SMILES string of the molecule is COC1(NC(=O)Cc2ccc(N)s2)C(=O)N2C(C(=O)O)=C(COC(N)=O)CS[C@H]21. The molecule has 0 aromatic carbocycles. The van der Waals surface area contributed by atoms with Gasteiger partial charge in [0, 0.05) is 23.3 Å². The van der Waals surface area contributed by atoms with E-state index in [9.17, 15) is 24.3 Å². The molecule has 29 heavy (non-hydrogen) atoms. The molecule has 13 heteroatoms. The smallest absolute Gasteiger partial charge is 0.404 e. The van der Waals surface area contributed by atoms with Crippen LogP contribution in [0.2, 0.25) is 0 Å². The molecule has 0 spiro atoms. The Kier molecular flexibility index (Phi) is 5.73. The third-order valence-electron chi connectivity index (χ3n) is 4.37. The van der Waals surface area contributed by atoms with Crippen LogP contribution in [0.1, 0.15) is 4.88 Å². The molecular formula is C16H18N4O7S2. The number of thiophene rings is 1. The monoisotopic (exact) mass is 442 g/mol. The Morgan fingerprint density at radius 1 is 1.41 bits per heavy atom. The normalized spacial score (nSPS) is 23.3. The van der Waals surface area contributed by atoms with Crippen molar-refractivity contribution in [2.45, 2.75) is 17.5 Å². The Balaban J connectivity index is 1.80. The van der Waals surface area contributed by atoms with E-state index in [-0.39, 0.29) is 30.1 Å². The Labute approximate surface area is 173 Å². The summed E-state index contributed by atoms with van der Waals surface area (Å²) in [7, 11) is 1.26. The molecule has 0 radical (unpaired) electrons. The van der Waals surface area contributed by atoms with Crippen molar-refractivity contribution in [3.05, 3.63) is 28.3 Å². The maximum atomic E-state index is 12.9. The van der Waals surface area contributed by atoms with E-state index in [1.165, 1.54) is 30.2 Å². The fourth-order valence-electron chi connectivity index (χ4n) is 3.11. The van der Waals surface area contributed by atoms with E-state index in [0.29, 0.717) is 9.88 Å². The summed E-state index contributed by atoms with van der Waals surface area (Å²) in [6.45, 7) is -0.355. The van der Waals surface area contributed by atoms with Gasteiger partial charge in [-0.25, -0.2) is 9.59 Å². The number of carboxylic acid groups (broad SMARTS) is 1. The summed E-state index contributed by atoms with van der Waals surface area (Å²) in [4.78, 5) is 49.6. The van der Waals surface area contributed by atoms with Crippen LogP contribution < -0.4 is 16.8 Å². The van der Waals surface area contributed by atoms with Crippen molar-refractivity contribution in [2.24, 2.45) is 5.73 Å². The minimum absolute atomic E-state index is 0.00300. The van der Waals surface area contributed by atoms with E-state index < -0.39 is 35.0 Å². The first-order chi connectivity index (χ1) is 13.7. The van der Waals surface area contributed by atoms with Gasteiger partial charge in [-0.1, -0.05) is 0 Å². The van der Waals surface area contributed by atoms with E-state index in [0.717, 1.165) is 4.90 Å². The second-order valence-corrected chi connectivity index (χ2v) is 8.44. The van der Waals surface area contributed by atoms with Crippen LogP contribution in [0.3, 0.4) is 0 Å². The van der Waals surface area contributed by atoms with Crippen LogP contribution in [0.5, 0.6) is 0 Å². The van der Waals surface area contributed by atoms with Gasteiger partial charge in [-0.05, 0) is 12.1 Å². The van der Waals surface area contributed by atoms with Crippen molar-refractivity contribution < 1.29 is 33.8 Å². The van der Waals surface area contributed by atoms with Crippen LogP contribution >= 0.6 is 23.1 Å². The number of rotatable bonds is 7. The highest BCUT2D eigenvalue weighted by Crippen LogP contribution is 2.46. The number of carbonyl (C=O) groups is 4. The highest BCUT2D eigenvalue weighted by molar-refractivity contribution is 8.00. The van der Waals surface area contributed by atoms with Crippen LogP contribution in [0, 0.1) is 0 Å². The lowest BCUT2D eigenvalue weighted by Crippen LogP contribution is -2.80. The summed E-state index contributed by atoms with van der Waals surface area (Å²) in [5.41, 5.74) is 8.79. The minimum Gasteiger partial charge on any atom is -0.477 e. The van der Waals surface area contributed by atoms with Gasteiger partial charge in [0.1, 0.15) is 17.7 Å². The molecule has 3 amide bonds. The van der Waals surface area contributed by atoms with Crippen molar-refractivity contribution in [2.75, 3.05) is 25.2 Å². The largest absolute Gasteiger partial charge is 0.477 e. The number of nitrogens with zero attached hydrogens (tertiary/aromatic N) is 1. The number of nitrogen functional groups attached to an aromatic ring is 1. The number of carboxylic acids is 1. The molecule has 0 saturated carbocycles. The molecule has 3 heterocycles. The van der Waals surface area contributed by atoms with E-state index in [2.05, 4.69) is 10.1 Å². The number of nitrogens with two attached hydrogens (primary N) is 2. The van der Waals surface area contributed by atoms with Crippen LogP contribution in [0.25, 0.3) is 0 Å². The highest BCUT2D eigenvalue weighted by atomic mass is 32.2. The minimum atomic E-state index is -1.69. The topological polar surface area (TPSA) is 174 Å². The number of hydrogen-bond donors (Lipinski definition) is 4. The van der Waals surface area contributed by atoms with Crippen molar-refractivity contribution in [1.82, 2.24) is 10.2 Å². The maximum Gasteiger partial charge on any atom is 0.404 e. The molecule has 1 aromatic heterocycles. The first-order valence-corrected chi connectivity index (χ1v) is 10.1. The molecule has 0 aliphatic carbocycles. The molecule has 156 valence electrons. The van der Waals surface area contributed by atoms with Gasteiger partial charge in [0.2, 0.25) is 5.91 Å². The summed E-state index contributed by atoms with van der Waals surface area (Å²) in [5, 5.41) is 11.9. The lowest BCUT2D eigenvalue weighted by atomic mass is 9.98. The number of primary amides is 1. The molecule has 1 saturated heterocycles. The van der Waals surface area contributed by atoms with Crippen LogP contribution in [-0.4, -0.2) is 64.5 Å². The van der Waals surface area contributed by atoms with Crippen molar-refractivity contribution in [1.29, 1.82) is 0 Å².